The standard InChI is InChI=1S/C22H26ClNO2/c1-3-21(18-12-11-16-7-4-5-8-17(16)13-18)24-22(25)15(2)26-20-10-6-9-19(23)14-20/h6,9-15,21H,3-5,7-8H2,1-2H3,(H,24,25)/t15-,21+/m1/s1. The predicted molar refractivity (Wildman–Crippen MR) is 106 cm³/mol. The van der Waals surface area contributed by atoms with Crippen LogP contribution in [0.5, 0.6) is 5.75 Å². The zero-order chi connectivity index (χ0) is 18.5. The highest BCUT2D eigenvalue weighted by molar-refractivity contribution is 6.30. The highest BCUT2D eigenvalue weighted by Crippen LogP contribution is 2.26. The van der Waals surface area contributed by atoms with Gasteiger partial charge >= 0.3 is 0 Å². The molecule has 138 valence electrons. The van der Waals surface area contributed by atoms with E-state index in [1.807, 2.05) is 6.07 Å². The second kappa shape index (κ2) is 8.59. The number of halogens is 1. The number of amides is 1. The summed E-state index contributed by atoms with van der Waals surface area (Å²) in [5, 5.41) is 3.72. The third-order valence-electron chi connectivity index (χ3n) is 4.98. The summed E-state index contributed by atoms with van der Waals surface area (Å²) < 4.78 is 5.73. The number of carbonyl (C=O) groups is 1. The molecule has 1 amide bonds. The van der Waals surface area contributed by atoms with Crippen LogP contribution in [0.15, 0.2) is 42.5 Å². The molecular formula is C22H26ClNO2. The van der Waals surface area contributed by atoms with Crippen LogP contribution in [0.3, 0.4) is 0 Å². The molecule has 2 aromatic carbocycles. The summed E-state index contributed by atoms with van der Waals surface area (Å²) >= 11 is 5.97. The summed E-state index contributed by atoms with van der Waals surface area (Å²) in [6, 6.07) is 13.8. The lowest BCUT2D eigenvalue weighted by Gasteiger charge is -2.23. The molecule has 0 saturated carbocycles. The molecule has 0 radical (unpaired) electrons. The number of fused-ring (bicyclic) bond motifs is 1. The molecule has 26 heavy (non-hydrogen) atoms. The molecule has 2 atom stereocenters. The van der Waals surface area contributed by atoms with Gasteiger partial charge in [-0.15, -0.1) is 0 Å². The van der Waals surface area contributed by atoms with Crippen LogP contribution in [-0.4, -0.2) is 12.0 Å². The molecule has 3 rings (SSSR count). The van der Waals surface area contributed by atoms with Gasteiger partial charge in [-0.25, -0.2) is 0 Å². The Labute approximate surface area is 160 Å². The Balaban J connectivity index is 1.66. The van der Waals surface area contributed by atoms with E-state index in [1.165, 1.54) is 36.0 Å². The number of aryl methyl sites for hydroxylation is 2. The Bertz CT molecular complexity index is 774. The third kappa shape index (κ3) is 4.59. The van der Waals surface area contributed by atoms with Gasteiger partial charge in [0.15, 0.2) is 6.10 Å². The number of benzene rings is 2. The average molecular weight is 372 g/mol. The minimum Gasteiger partial charge on any atom is -0.481 e. The fourth-order valence-corrected chi connectivity index (χ4v) is 3.66. The zero-order valence-corrected chi connectivity index (χ0v) is 16.2. The molecule has 0 heterocycles. The number of ether oxygens (including phenoxy) is 1. The van der Waals surface area contributed by atoms with Crippen molar-refractivity contribution in [3.05, 3.63) is 64.2 Å². The Hall–Kier alpha value is -2.00. The van der Waals surface area contributed by atoms with Crippen LogP contribution in [0, 0.1) is 0 Å². The topological polar surface area (TPSA) is 38.3 Å². The Morgan fingerprint density at radius 3 is 2.65 bits per heavy atom. The summed E-state index contributed by atoms with van der Waals surface area (Å²) in [7, 11) is 0. The van der Waals surface area contributed by atoms with Gasteiger partial charge in [-0.3, -0.25) is 4.79 Å². The van der Waals surface area contributed by atoms with Gasteiger partial charge < -0.3 is 10.1 Å². The Kier molecular flexibility index (Phi) is 6.20. The molecule has 3 nitrogen and oxygen atoms in total. The predicted octanol–water partition coefficient (Wildman–Crippen LogP) is 5.25. The van der Waals surface area contributed by atoms with E-state index >= 15 is 0 Å². The van der Waals surface area contributed by atoms with Crippen molar-refractivity contribution in [2.24, 2.45) is 0 Å². The summed E-state index contributed by atoms with van der Waals surface area (Å²) in [4.78, 5) is 12.6. The molecule has 1 aliphatic rings. The lowest BCUT2D eigenvalue weighted by atomic mass is 9.89. The minimum absolute atomic E-state index is 0.000128. The van der Waals surface area contributed by atoms with E-state index in [1.54, 1.807) is 25.1 Å². The molecule has 2 aromatic rings. The first-order valence-corrected chi connectivity index (χ1v) is 9.79. The Morgan fingerprint density at radius 1 is 1.15 bits per heavy atom. The van der Waals surface area contributed by atoms with Crippen molar-refractivity contribution in [2.75, 3.05) is 0 Å². The molecule has 4 heteroatoms. The van der Waals surface area contributed by atoms with Crippen molar-refractivity contribution < 1.29 is 9.53 Å². The second-order valence-corrected chi connectivity index (χ2v) is 7.36. The van der Waals surface area contributed by atoms with Crippen molar-refractivity contribution >= 4 is 17.5 Å². The maximum absolute atomic E-state index is 12.6. The highest BCUT2D eigenvalue weighted by Gasteiger charge is 2.20. The Morgan fingerprint density at radius 2 is 1.92 bits per heavy atom. The number of rotatable bonds is 6. The monoisotopic (exact) mass is 371 g/mol. The molecule has 0 spiro atoms. The fraction of sp³-hybridized carbons (Fsp3) is 0.409. The van der Waals surface area contributed by atoms with Crippen LogP contribution < -0.4 is 10.1 Å². The van der Waals surface area contributed by atoms with Crippen LogP contribution >= 0.6 is 11.6 Å². The van der Waals surface area contributed by atoms with Crippen LogP contribution in [0.25, 0.3) is 0 Å². The molecule has 0 aromatic heterocycles. The lowest BCUT2D eigenvalue weighted by molar-refractivity contribution is -0.128. The minimum atomic E-state index is -0.583. The van der Waals surface area contributed by atoms with E-state index in [9.17, 15) is 4.79 Å². The van der Waals surface area contributed by atoms with Gasteiger partial charge in [0.1, 0.15) is 5.75 Å². The smallest absolute Gasteiger partial charge is 0.261 e. The number of nitrogens with one attached hydrogen (secondary N) is 1. The molecule has 1 N–H and O–H groups in total. The number of hydrogen-bond donors (Lipinski definition) is 1. The molecule has 1 aliphatic carbocycles. The normalized spacial score (nSPS) is 15.7. The van der Waals surface area contributed by atoms with Crippen molar-refractivity contribution in [3.63, 3.8) is 0 Å². The molecular weight excluding hydrogens is 346 g/mol. The molecule has 0 saturated heterocycles. The lowest BCUT2D eigenvalue weighted by Crippen LogP contribution is -2.38. The van der Waals surface area contributed by atoms with Crippen molar-refractivity contribution in [1.82, 2.24) is 5.32 Å². The van der Waals surface area contributed by atoms with Gasteiger partial charge in [0.05, 0.1) is 6.04 Å². The van der Waals surface area contributed by atoms with Crippen molar-refractivity contribution in [1.29, 1.82) is 0 Å². The first-order chi connectivity index (χ1) is 12.6. The summed E-state index contributed by atoms with van der Waals surface area (Å²) in [6.07, 6.45) is 5.10. The summed E-state index contributed by atoms with van der Waals surface area (Å²) in [6.45, 7) is 3.85. The van der Waals surface area contributed by atoms with E-state index < -0.39 is 6.10 Å². The van der Waals surface area contributed by atoms with Gasteiger partial charge in [-0.1, -0.05) is 42.8 Å². The molecule has 0 bridgehead atoms. The SMILES string of the molecule is CC[C@H](NC(=O)[C@@H](C)Oc1cccc(Cl)c1)c1ccc2c(c1)CCCC2. The maximum Gasteiger partial charge on any atom is 0.261 e. The van der Waals surface area contributed by atoms with Crippen LogP contribution in [-0.2, 0) is 17.6 Å². The number of carbonyl (C=O) groups excluding carboxylic acids is 1. The van der Waals surface area contributed by atoms with Crippen molar-refractivity contribution in [3.8, 4) is 5.75 Å². The van der Waals surface area contributed by atoms with Gasteiger partial charge in [0.25, 0.3) is 5.91 Å². The largest absolute Gasteiger partial charge is 0.481 e. The van der Waals surface area contributed by atoms with Crippen LogP contribution in [0.2, 0.25) is 5.02 Å². The first-order valence-electron chi connectivity index (χ1n) is 9.41. The van der Waals surface area contributed by atoms with Crippen LogP contribution in [0.4, 0.5) is 0 Å². The highest BCUT2D eigenvalue weighted by atomic mass is 35.5. The fourth-order valence-electron chi connectivity index (χ4n) is 3.48. The third-order valence-corrected chi connectivity index (χ3v) is 5.21. The molecule has 0 aliphatic heterocycles. The van der Waals surface area contributed by atoms with Gasteiger partial charge in [0, 0.05) is 5.02 Å². The van der Waals surface area contributed by atoms with Crippen LogP contribution in [0.1, 0.15) is 55.8 Å². The summed E-state index contributed by atoms with van der Waals surface area (Å²) in [5.74, 6) is 0.483. The van der Waals surface area contributed by atoms with Gasteiger partial charge in [-0.05, 0) is 73.9 Å². The second-order valence-electron chi connectivity index (χ2n) is 6.92. The van der Waals surface area contributed by atoms with Gasteiger partial charge in [-0.2, -0.15) is 0 Å². The number of hydrogen-bond acceptors (Lipinski definition) is 2. The van der Waals surface area contributed by atoms with E-state index in [0.29, 0.717) is 10.8 Å². The van der Waals surface area contributed by atoms with E-state index in [-0.39, 0.29) is 11.9 Å². The average Bonchev–Trinajstić information content (AvgIpc) is 2.65. The summed E-state index contributed by atoms with van der Waals surface area (Å²) in [5.41, 5.74) is 4.07. The van der Waals surface area contributed by atoms with Crippen molar-refractivity contribution in [2.45, 2.75) is 58.1 Å². The van der Waals surface area contributed by atoms with Gasteiger partial charge in [0.2, 0.25) is 0 Å². The zero-order valence-electron chi connectivity index (χ0n) is 15.4. The molecule has 0 unspecified atom stereocenters. The first kappa shape index (κ1) is 18.8. The maximum atomic E-state index is 12.6. The van der Waals surface area contributed by atoms with E-state index in [2.05, 4.69) is 30.4 Å². The molecule has 0 fully saturated rings. The van der Waals surface area contributed by atoms with E-state index in [4.69, 9.17) is 16.3 Å². The van der Waals surface area contributed by atoms with E-state index in [0.717, 1.165) is 12.8 Å². The quantitative estimate of drug-likeness (QED) is 0.752.